The number of nitrogens with zero attached hydrogens (tertiary/aromatic N) is 1. The van der Waals surface area contributed by atoms with Gasteiger partial charge in [0.1, 0.15) is 35.8 Å². The van der Waals surface area contributed by atoms with Crippen molar-refractivity contribution in [1.29, 1.82) is 0 Å². The van der Waals surface area contributed by atoms with Crippen molar-refractivity contribution in [3.05, 3.63) is 142 Å². The molecule has 3 N–H and O–H groups in total. The molecule has 5 atom stereocenters. The van der Waals surface area contributed by atoms with Crippen LogP contribution in [0, 0.1) is 10.1 Å². The highest BCUT2D eigenvalue weighted by atomic mass is 16.7. The molecule has 9 heteroatoms. The van der Waals surface area contributed by atoms with Crippen LogP contribution in [0.2, 0.25) is 0 Å². The largest absolute Gasteiger partial charge is 0.462 e. The minimum absolute atomic E-state index is 0.127. The predicted molar refractivity (Wildman–Crippen MR) is 146 cm³/mol. The van der Waals surface area contributed by atoms with Crippen LogP contribution in [0.1, 0.15) is 16.7 Å². The second kappa shape index (κ2) is 12.0. The van der Waals surface area contributed by atoms with Crippen LogP contribution in [0.15, 0.2) is 115 Å². The first-order valence-electron chi connectivity index (χ1n) is 12.8. The van der Waals surface area contributed by atoms with Crippen molar-refractivity contribution in [2.75, 3.05) is 6.61 Å². The van der Waals surface area contributed by atoms with Crippen molar-refractivity contribution < 1.29 is 34.5 Å². The molecule has 0 bridgehead atoms. The number of hydrogen-bond donors (Lipinski definition) is 3. The van der Waals surface area contributed by atoms with Gasteiger partial charge >= 0.3 is 0 Å². The van der Waals surface area contributed by atoms with E-state index in [0.717, 1.165) is 16.7 Å². The van der Waals surface area contributed by atoms with Crippen LogP contribution in [-0.4, -0.2) is 57.6 Å². The SMILES string of the molecule is O=[N+]([O-])c1ccc(O[C@@H]2O[C@H](COC(c3ccccc3)(c3ccccc3)c3ccccc3)[C@@H](O)[C@H](O)[C@H]2O)cc1. The maximum absolute atomic E-state index is 11.0. The minimum Gasteiger partial charge on any atom is -0.462 e. The van der Waals surface area contributed by atoms with E-state index in [1.165, 1.54) is 24.3 Å². The molecule has 0 aromatic heterocycles. The Morgan fingerprint density at radius 3 is 1.62 bits per heavy atom. The molecule has 1 heterocycles. The number of non-ortho nitro benzene ring substituents is 1. The molecular weight excluding hydrogens is 514 g/mol. The number of ether oxygens (including phenoxy) is 3. The Hall–Kier alpha value is -4.12. The van der Waals surface area contributed by atoms with Gasteiger partial charge in [-0.1, -0.05) is 91.0 Å². The number of nitro benzene ring substituents is 1. The van der Waals surface area contributed by atoms with E-state index in [2.05, 4.69) is 0 Å². The van der Waals surface area contributed by atoms with Gasteiger partial charge in [0.2, 0.25) is 6.29 Å². The van der Waals surface area contributed by atoms with Crippen molar-refractivity contribution in [3.8, 4) is 5.75 Å². The van der Waals surface area contributed by atoms with Gasteiger partial charge in [-0.15, -0.1) is 0 Å². The van der Waals surface area contributed by atoms with Crippen LogP contribution in [0.3, 0.4) is 0 Å². The third-order valence-corrected chi connectivity index (χ3v) is 6.97. The van der Waals surface area contributed by atoms with Crippen molar-refractivity contribution in [1.82, 2.24) is 0 Å². The normalized spacial score (nSPS) is 22.9. The average Bonchev–Trinajstić information content (AvgIpc) is 3.00. The van der Waals surface area contributed by atoms with E-state index in [4.69, 9.17) is 14.2 Å². The molecule has 0 radical (unpaired) electrons. The number of aliphatic hydroxyl groups is 3. The van der Waals surface area contributed by atoms with Crippen LogP contribution in [-0.2, 0) is 15.1 Å². The molecule has 4 aromatic rings. The fourth-order valence-electron chi connectivity index (χ4n) is 4.91. The summed E-state index contributed by atoms with van der Waals surface area (Å²) in [5, 5.41) is 43.1. The van der Waals surface area contributed by atoms with Crippen molar-refractivity contribution in [2.24, 2.45) is 0 Å². The molecule has 1 fully saturated rings. The zero-order valence-corrected chi connectivity index (χ0v) is 21.4. The van der Waals surface area contributed by atoms with Gasteiger partial charge in [-0.05, 0) is 28.8 Å². The molecule has 4 aromatic carbocycles. The van der Waals surface area contributed by atoms with Gasteiger partial charge in [-0.3, -0.25) is 10.1 Å². The second-order valence-corrected chi connectivity index (χ2v) is 9.47. The molecule has 1 aliphatic heterocycles. The first-order chi connectivity index (χ1) is 19.4. The Labute approximate surface area is 231 Å². The van der Waals surface area contributed by atoms with Gasteiger partial charge in [0.15, 0.2) is 0 Å². The molecule has 1 aliphatic rings. The number of hydrogen-bond acceptors (Lipinski definition) is 8. The van der Waals surface area contributed by atoms with Crippen LogP contribution in [0.25, 0.3) is 0 Å². The zero-order valence-electron chi connectivity index (χ0n) is 21.4. The van der Waals surface area contributed by atoms with E-state index in [-0.39, 0.29) is 18.0 Å². The molecule has 0 saturated carbocycles. The van der Waals surface area contributed by atoms with Crippen LogP contribution < -0.4 is 4.74 Å². The molecular formula is C31H29NO8. The smallest absolute Gasteiger partial charge is 0.269 e. The van der Waals surface area contributed by atoms with Crippen molar-refractivity contribution in [2.45, 2.75) is 36.3 Å². The average molecular weight is 544 g/mol. The van der Waals surface area contributed by atoms with Crippen molar-refractivity contribution in [3.63, 3.8) is 0 Å². The highest BCUT2D eigenvalue weighted by Crippen LogP contribution is 2.41. The van der Waals surface area contributed by atoms with Gasteiger partial charge < -0.3 is 29.5 Å². The highest BCUT2D eigenvalue weighted by molar-refractivity contribution is 5.47. The van der Waals surface area contributed by atoms with Gasteiger partial charge in [0.05, 0.1) is 11.5 Å². The first kappa shape index (κ1) is 27.4. The standard InChI is InChI=1S/C31H29NO8/c33-27-26(40-30(29(35)28(27)34)39-25-18-16-24(17-19-25)32(36)37)20-38-31(21-10-4-1-5-11-21,22-12-6-2-7-13-22)23-14-8-3-9-15-23/h1-19,26-30,33-35H,20H2/t26-,27-,28+,29-,30-/m1/s1. The van der Waals surface area contributed by atoms with E-state index < -0.39 is 41.2 Å². The molecule has 5 rings (SSSR count). The second-order valence-electron chi connectivity index (χ2n) is 9.47. The van der Waals surface area contributed by atoms with E-state index in [0.29, 0.717) is 0 Å². The summed E-state index contributed by atoms with van der Waals surface area (Å²) >= 11 is 0. The summed E-state index contributed by atoms with van der Waals surface area (Å²) in [6, 6.07) is 34.2. The van der Waals surface area contributed by atoms with Crippen molar-refractivity contribution >= 4 is 5.69 Å². The molecule has 0 unspecified atom stereocenters. The Bertz CT molecular complexity index is 1290. The van der Waals surface area contributed by atoms with Crippen LogP contribution in [0.4, 0.5) is 5.69 Å². The summed E-state index contributed by atoms with van der Waals surface area (Å²) in [6.07, 6.45) is -7.11. The summed E-state index contributed by atoms with van der Waals surface area (Å²) < 4.78 is 18.4. The summed E-state index contributed by atoms with van der Waals surface area (Å²) in [5.41, 5.74) is 1.31. The lowest BCUT2D eigenvalue weighted by molar-refractivity contribution is -0.384. The number of benzene rings is 4. The Kier molecular flexibility index (Phi) is 8.20. The fourth-order valence-corrected chi connectivity index (χ4v) is 4.91. The minimum atomic E-state index is -1.59. The van der Waals surface area contributed by atoms with E-state index in [1.807, 2.05) is 91.0 Å². The lowest BCUT2D eigenvalue weighted by atomic mass is 9.80. The number of aliphatic hydroxyl groups excluding tert-OH is 3. The number of nitro groups is 1. The molecule has 40 heavy (non-hydrogen) atoms. The lowest BCUT2D eigenvalue weighted by Gasteiger charge is -2.42. The number of rotatable bonds is 9. The lowest BCUT2D eigenvalue weighted by Crippen LogP contribution is -2.60. The van der Waals surface area contributed by atoms with Crippen LogP contribution >= 0.6 is 0 Å². The fraction of sp³-hybridized carbons (Fsp3) is 0.226. The molecule has 1 saturated heterocycles. The van der Waals surface area contributed by atoms with E-state index >= 15 is 0 Å². The maximum atomic E-state index is 11.0. The van der Waals surface area contributed by atoms with Gasteiger partial charge in [0, 0.05) is 12.1 Å². The van der Waals surface area contributed by atoms with E-state index in [1.54, 1.807) is 0 Å². The Balaban J connectivity index is 1.46. The third kappa shape index (κ3) is 5.46. The summed E-state index contributed by atoms with van der Waals surface area (Å²) in [5.74, 6) is 0.185. The molecule has 0 spiro atoms. The molecule has 206 valence electrons. The van der Waals surface area contributed by atoms with E-state index in [9.17, 15) is 25.4 Å². The predicted octanol–water partition coefficient (Wildman–Crippen LogP) is 3.79. The monoisotopic (exact) mass is 543 g/mol. The van der Waals surface area contributed by atoms with Gasteiger partial charge in [-0.25, -0.2) is 0 Å². The molecule has 0 aliphatic carbocycles. The molecule has 9 nitrogen and oxygen atoms in total. The first-order valence-corrected chi connectivity index (χ1v) is 12.8. The quantitative estimate of drug-likeness (QED) is 0.165. The third-order valence-electron chi connectivity index (χ3n) is 6.97. The summed E-state index contributed by atoms with van der Waals surface area (Å²) in [4.78, 5) is 10.4. The summed E-state index contributed by atoms with van der Waals surface area (Å²) in [6.45, 7) is -0.177. The van der Waals surface area contributed by atoms with Gasteiger partial charge in [0.25, 0.3) is 5.69 Å². The summed E-state index contributed by atoms with van der Waals surface area (Å²) in [7, 11) is 0. The zero-order chi connectivity index (χ0) is 28.1. The highest BCUT2D eigenvalue weighted by Gasteiger charge is 2.47. The van der Waals surface area contributed by atoms with Crippen LogP contribution in [0.5, 0.6) is 5.75 Å². The Morgan fingerprint density at radius 2 is 1.18 bits per heavy atom. The topological polar surface area (TPSA) is 132 Å². The molecule has 0 amide bonds. The van der Waals surface area contributed by atoms with Gasteiger partial charge in [-0.2, -0.15) is 0 Å². The Morgan fingerprint density at radius 1 is 0.700 bits per heavy atom. The maximum Gasteiger partial charge on any atom is 0.269 e.